The number of benzene rings is 2. The predicted octanol–water partition coefficient (Wildman–Crippen LogP) is 2.08. The minimum atomic E-state index is -0.827. The second-order valence-corrected chi connectivity index (χ2v) is 5.99. The number of amides is 1. The molecule has 3 rings (SSSR count). The molecule has 8 heteroatoms. The van der Waals surface area contributed by atoms with Crippen molar-refractivity contribution in [2.75, 3.05) is 12.4 Å². The van der Waals surface area contributed by atoms with Crippen molar-refractivity contribution in [3.05, 3.63) is 70.0 Å². The molecule has 1 amide bonds. The molecule has 2 aromatic carbocycles. The Kier molecular flexibility index (Phi) is 5.30. The number of carbonyl (C=O) groups excluding carboxylic acids is 2. The number of hydrogen-bond donors (Lipinski definition) is 2. The van der Waals surface area contributed by atoms with Gasteiger partial charge in [0.15, 0.2) is 0 Å². The molecule has 0 radical (unpaired) electrons. The molecular formula is C20H18N2O6. The summed E-state index contributed by atoms with van der Waals surface area (Å²) in [7, 11) is 1.17. The van der Waals surface area contributed by atoms with Gasteiger partial charge < -0.3 is 20.0 Å². The van der Waals surface area contributed by atoms with Crippen LogP contribution in [0.4, 0.5) is 5.69 Å². The Hall–Kier alpha value is -3.81. The molecule has 0 fully saturated rings. The van der Waals surface area contributed by atoms with Crippen LogP contribution in [0.15, 0.2) is 53.3 Å². The summed E-state index contributed by atoms with van der Waals surface area (Å²) < 4.78 is 5.39. The first-order chi connectivity index (χ1) is 13.4. The number of aromatic hydroxyl groups is 1. The molecule has 144 valence electrons. The molecule has 0 unspecified atom stereocenters. The van der Waals surface area contributed by atoms with Crippen molar-refractivity contribution in [3.63, 3.8) is 0 Å². The van der Waals surface area contributed by atoms with Crippen LogP contribution in [0.2, 0.25) is 0 Å². The normalized spacial score (nSPS) is 10.5. The van der Waals surface area contributed by atoms with Crippen LogP contribution in [-0.2, 0) is 16.1 Å². The van der Waals surface area contributed by atoms with E-state index in [1.165, 1.54) is 32.2 Å². The van der Waals surface area contributed by atoms with Gasteiger partial charge in [-0.1, -0.05) is 36.4 Å². The number of fused-ring (bicyclic) bond motifs is 1. The highest BCUT2D eigenvalue weighted by molar-refractivity contribution is 6.07. The second-order valence-electron chi connectivity index (χ2n) is 5.99. The SMILES string of the molecule is COC(=O)c1c(O)n(OCc2ccccc2)c(=O)c2cc(NC(C)=O)ccc12. The largest absolute Gasteiger partial charge is 0.492 e. The van der Waals surface area contributed by atoms with Gasteiger partial charge in [0.05, 0.1) is 12.5 Å². The smallest absolute Gasteiger partial charge is 0.344 e. The lowest BCUT2D eigenvalue weighted by molar-refractivity contribution is -0.114. The second kappa shape index (κ2) is 7.83. The van der Waals surface area contributed by atoms with Crippen LogP contribution in [0, 0.1) is 0 Å². The molecule has 0 saturated carbocycles. The van der Waals surface area contributed by atoms with Crippen LogP contribution >= 0.6 is 0 Å². The van der Waals surface area contributed by atoms with E-state index in [0.29, 0.717) is 10.4 Å². The van der Waals surface area contributed by atoms with Crippen LogP contribution in [0.25, 0.3) is 10.8 Å². The number of pyridine rings is 1. The summed E-state index contributed by atoms with van der Waals surface area (Å²) in [6, 6.07) is 13.4. The predicted molar refractivity (Wildman–Crippen MR) is 102 cm³/mol. The summed E-state index contributed by atoms with van der Waals surface area (Å²) in [6.45, 7) is 1.33. The Labute approximate surface area is 159 Å². The number of ether oxygens (including phenoxy) is 1. The molecule has 3 aromatic rings. The highest BCUT2D eigenvalue weighted by Gasteiger charge is 2.23. The number of nitrogens with one attached hydrogen (secondary N) is 1. The third kappa shape index (κ3) is 3.66. The first-order valence-corrected chi connectivity index (χ1v) is 8.37. The molecule has 28 heavy (non-hydrogen) atoms. The minimum absolute atomic E-state index is 0.00812. The maximum atomic E-state index is 12.9. The van der Waals surface area contributed by atoms with Crippen molar-refractivity contribution in [2.45, 2.75) is 13.5 Å². The first-order valence-electron chi connectivity index (χ1n) is 8.37. The van der Waals surface area contributed by atoms with Gasteiger partial charge in [0, 0.05) is 18.0 Å². The zero-order chi connectivity index (χ0) is 20.3. The minimum Gasteiger partial charge on any atom is -0.492 e. The van der Waals surface area contributed by atoms with Crippen LogP contribution in [0.5, 0.6) is 5.88 Å². The fourth-order valence-electron chi connectivity index (χ4n) is 2.78. The van der Waals surface area contributed by atoms with Crippen LogP contribution < -0.4 is 15.7 Å². The van der Waals surface area contributed by atoms with E-state index in [2.05, 4.69) is 5.32 Å². The van der Waals surface area contributed by atoms with E-state index in [1.807, 2.05) is 6.07 Å². The van der Waals surface area contributed by atoms with Gasteiger partial charge in [-0.3, -0.25) is 9.59 Å². The van der Waals surface area contributed by atoms with E-state index >= 15 is 0 Å². The summed E-state index contributed by atoms with van der Waals surface area (Å²) in [5.74, 6) is -1.80. The third-order valence-electron chi connectivity index (χ3n) is 4.03. The molecule has 0 aliphatic heterocycles. The topological polar surface area (TPSA) is 107 Å². The first kappa shape index (κ1) is 19.0. The summed E-state index contributed by atoms with van der Waals surface area (Å²) in [5, 5.41) is 13.4. The standard InChI is InChI=1S/C20H18N2O6/c1-12(23)21-14-8-9-15-16(10-14)18(24)22(19(25)17(15)20(26)27-2)28-11-13-6-4-3-5-7-13/h3-10,25H,11H2,1-2H3,(H,21,23). The summed E-state index contributed by atoms with van der Waals surface area (Å²) in [4.78, 5) is 41.9. The van der Waals surface area contributed by atoms with E-state index in [-0.39, 0.29) is 28.8 Å². The van der Waals surface area contributed by atoms with Gasteiger partial charge in [0.25, 0.3) is 5.56 Å². The number of methoxy groups -OCH3 is 1. The molecule has 8 nitrogen and oxygen atoms in total. The van der Waals surface area contributed by atoms with E-state index in [4.69, 9.17) is 9.57 Å². The van der Waals surface area contributed by atoms with E-state index in [0.717, 1.165) is 5.56 Å². The Morgan fingerprint density at radius 2 is 1.82 bits per heavy atom. The highest BCUT2D eigenvalue weighted by Crippen LogP contribution is 2.27. The van der Waals surface area contributed by atoms with Gasteiger partial charge in [0.1, 0.15) is 12.2 Å². The molecule has 0 atom stereocenters. The number of rotatable bonds is 5. The summed E-state index contributed by atoms with van der Waals surface area (Å²) in [5.41, 5.74) is 0.247. The fourth-order valence-corrected chi connectivity index (χ4v) is 2.78. The molecule has 0 saturated heterocycles. The maximum absolute atomic E-state index is 12.9. The lowest BCUT2D eigenvalue weighted by atomic mass is 10.1. The van der Waals surface area contributed by atoms with Crippen molar-refractivity contribution in [3.8, 4) is 5.88 Å². The lowest BCUT2D eigenvalue weighted by Gasteiger charge is -2.15. The quantitative estimate of drug-likeness (QED) is 0.655. The van der Waals surface area contributed by atoms with Gasteiger partial charge in [-0.25, -0.2) is 4.79 Å². The van der Waals surface area contributed by atoms with E-state index in [1.54, 1.807) is 24.3 Å². The molecule has 0 spiro atoms. The van der Waals surface area contributed by atoms with E-state index < -0.39 is 17.4 Å². The monoisotopic (exact) mass is 382 g/mol. The number of hydrogen-bond acceptors (Lipinski definition) is 6. The van der Waals surface area contributed by atoms with Crippen molar-refractivity contribution >= 4 is 28.3 Å². The van der Waals surface area contributed by atoms with Crippen molar-refractivity contribution in [2.24, 2.45) is 0 Å². The fraction of sp³-hybridized carbons (Fsp3) is 0.150. The molecule has 0 bridgehead atoms. The average Bonchev–Trinajstić information content (AvgIpc) is 2.68. The molecule has 0 aliphatic carbocycles. The van der Waals surface area contributed by atoms with Crippen molar-refractivity contribution in [1.82, 2.24) is 4.73 Å². The number of aromatic nitrogens is 1. The maximum Gasteiger partial charge on any atom is 0.344 e. The number of nitrogens with zero attached hydrogens (tertiary/aromatic N) is 1. The summed E-state index contributed by atoms with van der Waals surface area (Å²) >= 11 is 0. The Bertz CT molecular complexity index is 1110. The van der Waals surface area contributed by atoms with Crippen LogP contribution in [0.1, 0.15) is 22.8 Å². The molecular weight excluding hydrogens is 364 g/mol. The van der Waals surface area contributed by atoms with Gasteiger partial charge in [-0.15, -0.1) is 4.73 Å². The van der Waals surface area contributed by atoms with Gasteiger partial charge in [-0.05, 0) is 17.7 Å². The highest BCUT2D eigenvalue weighted by atomic mass is 16.7. The molecule has 1 heterocycles. The zero-order valence-electron chi connectivity index (χ0n) is 15.3. The zero-order valence-corrected chi connectivity index (χ0v) is 15.3. The van der Waals surface area contributed by atoms with Crippen molar-refractivity contribution in [1.29, 1.82) is 0 Å². The third-order valence-corrected chi connectivity index (χ3v) is 4.03. The average molecular weight is 382 g/mol. The van der Waals surface area contributed by atoms with Crippen LogP contribution in [0.3, 0.4) is 0 Å². The molecule has 0 aliphatic rings. The number of carbonyl (C=O) groups is 2. The van der Waals surface area contributed by atoms with Crippen LogP contribution in [-0.4, -0.2) is 28.8 Å². The number of anilines is 1. The van der Waals surface area contributed by atoms with Gasteiger partial charge in [-0.2, -0.15) is 0 Å². The van der Waals surface area contributed by atoms with Gasteiger partial charge in [0.2, 0.25) is 11.8 Å². The number of esters is 1. The molecule has 1 aromatic heterocycles. The Morgan fingerprint density at radius 1 is 1.11 bits per heavy atom. The lowest BCUT2D eigenvalue weighted by Crippen LogP contribution is -2.29. The molecule has 2 N–H and O–H groups in total. The Morgan fingerprint density at radius 3 is 2.46 bits per heavy atom. The van der Waals surface area contributed by atoms with Crippen molar-refractivity contribution < 1.29 is 24.3 Å². The Balaban J connectivity index is 2.17. The summed E-state index contributed by atoms with van der Waals surface area (Å²) in [6.07, 6.45) is 0. The van der Waals surface area contributed by atoms with Gasteiger partial charge >= 0.3 is 5.97 Å². The van der Waals surface area contributed by atoms with E-state index in [9.17, 15) is 19.5 Å².